The van der Waals surface area contributed by atoms with Crippen LogP contribution in [0.3, 0.4) is 0 Å². The Hall–Kier alpha value is -1.56. The number of ether oxygens (including phenoxy) is 1. The normalized spacial score (nSPS) is 13.0. The molecule has 0 saturated carbocycles. The van der Waals surface area contributed by atoms with Crippen LogP contribution < -0.4 is 15.4 Å². The molecular weight excluding hydrogens is 308 g/mol. The molecule has 1 aliphatic heterocycles. The molecule has 2 heterocycles. The molecule has 112 valence electrons. The third kappa shape index (κ3) is 3.37. The Morgan fingerprint density at radius 2 is 2.19 bits per heavy atom. The van der Waals surface area contributed by atoms with Gasteiger partial charge in [-0.2, -0.15) is 0 Å². The van der Waals surface area contributed by atoms with Gasteiger partial charge in [0.25, 0.3) is 5.91 Å². The molecule has 0 fully saturated rings. The molecule has 1 aliphatic rings. The van der Waals surface area contributed by atoms with Crippen molar-refractivity contribution in [2.24, 2.45) is 0 Å². The lowest BCUT2D eigenvalue weighted by Crippen LogP contribution is -2.23. The summed E-state index contributed by atoms with van der Waals surface area (Å²) in [6.45, 7) is 1.88. The largest absolute Gasteiger partial charge is 0.495 e. The van der Waals surface area contributed by atoms with Gasteiger partial charge in [-0.1, -0.05) is 6.07 Å². The average molecular weight is 325 g/mol. The summed E-state index contributed by atoms with van der Waals surface area (Å²) >= 11 is 1.38. The lowest BCUT2D eigenvalue weighted by Gasteiger charge is -2.18. The number of fused-ring (bicyclic) bond motifs is 1. The van der Waals surface area contributed by atoms with Crippen molar-refractivity contribution in [3.8, 4) is 5.75 Å². The smallest absolute Gasteiger partial charge is 0.269 e. The molecule has 21 heavy (non-hydrogen) atoms. The number of hydrogen-bond donors (Lipinski definition) is 2. The van der Waals surface area contributed by atoms with Gasteiger partial charge >= 0.3 is 0 Å². The average Bonchev–Trinajstić information content (AvgIpc) is 2.95. The van der Waals surface area contributed by atoms with E-state index in [1.54, 1.807) is 13.2 Å². The second-order valence-electron chi connectivity index (χ2n) is 4.68. The molecule has 2 aromatic rings. The fourth-order valence-corrected chi connectivity index (χ4v) is 3.12. The molecule has 4 nitrogen and oxygen atoms in total. The summed E-state index contributed by atoms with van der Waals surface area (Å²) in [7, 11) is 1.57. The van der Waals surface area contributed by atoms with Crippen molar-refractivity contribution in [2.75, 3.05) is 19.0 Å². The lowest BCUT2D eigenvalue weighted by molar-refractivity contribution is 0.102. The first-order valence-corrected chi connectivity index (χ1v) is 7.41. The fraction of sp³-hybridized carbons (Fsp3) is 0.267. The van der Waals surface area contributed by atoms with Gasteiger partial charge in [-0.15, -0.1) is 23.7 Å². The van der Waals surface area contributed by atoms with Gasteiger partial charge in [0.1, 0.15) is 10.6 Å². The van der Waals surface area contributed by atoms with Crippen molar-refractivity contribution in [2.45, 2.75) is 13.0 Å². The molecular formula is C15H17ClN2O2S. The highest BCUT2D eigenvalue weighted by molar-refractivity contribution is 7.12. The van der Waals surface area contributed by atoms with Crippen molar-refractivity contribution >= 4 is 35.3 Å². The number of halogens is 1. The Kier molecular flexibility index (Phi) is 5.22. The van der Waals surface area contributed by atoms with E-state index in [0.29, 0.717) is 10.6 Å². The van der Waals surface area contributed by atoms with Crippen molar-refractivity contribution < 1.29 is 9.53 Å². The van der Waals surface area contributed by atoms with E-state index in [1.165, 1.54) is 22.5 Å². The third-order valence-electron chi connectivity index (χ3n) is 3.41. The van der Waals surface area contributed by atoms with E-state index in [0.717, 1.165) is 25.2 Å². The Morgan fingerprint density at radius 1 is 1.33 bits per heavy atom. The Labute approximate surface area is 133 Å². The maximum absolute atomic E-state index is 12.2. The van der Waals surface area contributed by atoms with Crippen LogP contribution in [0.2, 0.25) is 0 Å². The molecule has 1 amide bonds. The standard InChI is InChI=1S/C15H16N2O2S.ClH/c1-19-13-5-7-20-14(13)15(18)17-12-3-2-10-4-6-16-9-11(10)8-12;/h2-3,5,7-8,16H,4,6,9H2,1H3,(H,17,18);1H. The molecule has 0 atom stereocenters. The number of nitrogens with one attached hydrogen (secondary N) is 2. The molecule has 0 spiro atoms. The Morgan fingerprint density at radius 3 is 3.00 bits per heavy atom. The summed E-state index contributed by atoms with van der Waals surface area (Å²) < 4.78 is 5.17. The first kappa shape index (κ1) is 15.8. The summed E-state index contributed by atoms with van der Waals surface area (Å²) in [6, 6.07) is 7.90. The van der Waals surface area contributed by atoms with Crippen LogP contribution in [0.4, 0.5) is 5.69 Å². The van der Waals surface area contributed by atoms with Crippen LogP contribution in [0.5, 0.6) is 5.75 Å². The molecule has 2 N–H and O–H groups in total. The predicted molar refractivity (Wildman–Crippen MR) is 87.9 cm³/mol. The zero-order chi connectivity index (χ0) is 13.9. The van der Waals surface area contributed by atoms with Crippen molar-refractivity contribution in [1.29, 1.82) is 0 Å². The van der Waals surface area contributed by atoms with Crippen LogP contribution in [0.15, 0.2) is 29.6 Å². The maximum Gasteiger partial charge on any atom is 0.269 e. The van der Waals surface area contributed by atoms with Crippen molar-refractivity contribution in [3.63, 3.8) is 0 Å². The van der Waals surface area contributed by atoms with Crippen LogP contribution in [0, 0.1) is 0 Å². The summed E-state index contributed by atoms with van der Waals surface area (Å²) in [6.07, 6.45) is 1.04. The SMILES string of the molecule is COc1ccsc1C(=O)Nc1ccc2c(c1)CNCC2.Cl. The number of thiophene rings is 1. The Balaban J connectivity index is 0.00000161. The minimum Gasteiger partial charge on any atom is -0.495 e. The number of carbonyl (C=O) groups excluding carboxylic acids is 1. The van der Waals surface area contributed by atoms with Gasteiger partial charge in [0.15, 0.2) is 0 Å². The molecule has 0 saturated heterocycles. The number of hydrogen-bond acceptors (Lipinski definition) is 4. The minimum absolute atomic E-state index is 0. The lowest BCUT2D eigenvalue weighted by atomic mass is 10.0. The van der Waals surface area contributed by atoms with Crippen LogP contribution in [-0.4, -0.2) is 19.6 Å². The molecule has 0 radical (unpaired) electrons. The topological polar surface area (TPSA) is 50.4 Å². The summed E-state index contributed by atoms with van der Waals surface area (Å²) in [4.78, 5) is 12.8. The van der Waals surface area contributed by atoms with Crippen LogP contribution in [0.25, 0.3) is 0 Å². The van der Waals surface area contributed by atoms with Gasteiger partial charge in [0.2, 0.25) is 0 Å². The number of amides is 1. The van der Waals surface area contributed by atoms with E-state index in [-0.39, 0.29) is 18.3 Å². The predicted octanol–water partition coefficient (Wildman–Crippen LogP) is 3.08. The molecule has 0 bridgehead atoms. The van der Waals surface area contributed by atoms with Crippen LogP contribution >= 0.6 is 23.7 Å². The highest BCUT2D eigenvalue weighted by atomic mass is 35.5. The molecule has 0 aliphatic carbocycles. The van der Waals surface area contributed by atoms with Crippen molar-refractivity contribution in [1.82, 2.24) is 5.32 Å². The highest BCUT2D eigenvalue weighted by Crippen LogP contribution is 2.26. The molecule has 3 rings (SSSR count). The molecule has 1 aromatic heterocycles. The van der Waals surface area contributed by atoms with Crippen LogP contribution in [-0.2, 0) is 13.0 Å². The van der Waals surface area contributed by atoms with E-state index in [4.69, 9.17) is 4.74 Å². The fourth-order valence-electron chi connectivity index (χ4n) is 2.37. The van der Waals surface area contributed by atoms with E-state index in [2.05, 4.69) is 16.7 Å². The van der Waals surface area contributed by atoms with E-state index in [1.807, 2.05) is 17.5 Å². The number of rotatable bonds is 3. The highest BCUT2D eigenvalue weighted by Gasteiger charge is 2.15. The maximum atomic E-state index is 12.2. The van der Waals surface area contributed by atoms with Gasteiger partial charge < -0.3 is 15.4 Å². The second-order valence-corrected chi connectivity index (χ2v) is 5.60. The second kappa shape index (κ2) is 6.93. The first-order chi connectivity index (χ1) is 9.78. The van der Waals surface area contributed by atoms with Gasteiger partial charge in [-0.05, 0) is 47.7 Å². The minimum atomic E-state index is -0.124. The molecule has 0 unspecified atom stereocenters. The van der Waals surface area contributed by atoms with Gasteiger partial charge in [0, 0.05) is 12.2 Å². The number of methoxy groups -OCH3 is 1. The zero-order valence-corrected chi connectivity index (χ0v) is 13.3. The molecule has 1 aromatic carbocycles. The van der Waals surface area contributed by atoms with Gasteiger partial charge in [-0.25, -0.2) is 0 Å². The monoisotopic (exact) mass is 324 g/mol. The molecule has 6 heteroatoms. The van der Waals surface area contributed by atoms with E-state index >= 15 is 0 Å². The summed E-state index contributed by atoms with van der Waals surface area (Å²) in [5.74, 6) is 0.493. The zero-order valence-electron chi connectivity index (χ0n) is 11.6. The third-order valence-corrected chi connectivity index (χ3v) is 4.30. The number of benzene rings is 1. The van der Waals surface area contributed by atoms with E-state index < -0.39 is 0 Å². The summed E-state index contributed by atoms with van der Waals surface area (Å²) in [5.41, 5.74) is 3.44. The number of carbonyl (C=O) groups is 1. The van der Waals surface area contributed by atoms with Gasteiger partial charge in [0.05, 0.1) is 7.11 Å². The number of anilines is 1. The van der Waals surface area contributed by atoms with Gasteiger partial charge in [-0.3, -0.25) is 4.79 Å². The Bertz CT molecular complexity index is 642. The van der Waals surface area contributed by atoms with E-state index in [9.17, 15) is 4.79 Å². The quantitative estimate of drug-likeness (QED) is 0.912. The van der Waals surface area contributed by atoms with Crippen LogP contribution in [0.1, 0.15) is 20.8 Å². The van der Waals surface area contributed by atoms with Crippen molar-refractivity contribution in [3.05, 3.63) is 45.6 Å². The summed E-state index contributed by atoms with van der Waals surface area (Å²) in [5, 5.41) is 8.12. The first-order valence-electron chi connectivity index (χ1n) is 6.53.